The Morgan fingerprint density at radius 1 is 0.259 bits per heavy atom. The summed E-state index contributed by atoms with van der Waals surface area (Å²) in [6.07, 6.45) is 0. The average Bonchev–Trinajstić information content (AvgIpc) is 3.81. The predicted octanol–water partition coefficient (Wildman–Crippen LogP) is 15.1. The fourth-order valence-corrected chi connectivity index (χ4v) is 9.21. The topological polar surface area (TPSA) is 26.3 Å². The average molecular weight is 687 g/mol. The maximum absolute atomic E-state index is 6.72. The number of hydrogen-bond donors (Lipinski definition) is 0. The van der Waals surface area contributed by atoms with Gasteiger partial charge in [-0.3, -0.25) is 0 Å². The van der Waals surface area contributed by atoms with E-state index in [-0.39, 0.29) is 0 Å². The number of para-hydroxylation sites is 1. The van der Waals surface area contributed by atoms with Crippen molar-refractivity contribution in [2.75, 3.05) is 0 Å². The second kappa shape index (κ2) is 11.2. The van der Waals surface area contributed by atoms with Crippen molar-refractivity contribution in [1.29, 1.82) is 0 Å². The van der Waals surface area contributed by atoms with E-state index in [2.05, 4.69) is 170 Å². The normalized spacial score (nSPS) is 12.1. The summed E-state index contributed by atoms with van der Waals surface area (Å²) in [5, 5.41) is 14.1. The van der Waals surface area contributed by atoms with Gasteiger partial charge >= 0.3 is 0 Å². The highest BCUT2D eigenvalue weighted by atomic mass is 16.3. The van der Waals surface area contributed by atoms with Crippen LogP contribution in [0.15, 0.2) is 191 Å². The molecule has 12 rings (SSSR count). The van der Waals surface area contributed by atoms with E-state index < -0.39 is 0 Å². The maximum Gasteiger partial charge on any atom is 0.147 e. The van der Waals surface area contributed by atoms with E-state index in [1.807, 2.05) is 12.1 Å². The van der Waals surface area contributed by atoms with E-state index in [0.717, 1.165) is 54.8 Å². The van der Waals surface area contributed by atoms with Gasteiger partial charge in [-0.2, -0.15) is 0 Å². The molecule has 0 saturated heterocycles. The van der Waals surface area contributed by atoms with Gasteiger partial charge in [-0.1, -0.05) is 158 Å². The minimum Gasteiger partial charge on any atom is -0.456 e. The van der Waals surface area contributed by atoms with Crippen LogP contribution < -0.4 is 0 Å². The summed E-state index contributed by atoms with van der Waals surface area (Å²) in [6.45, 7) is 0. The van der Waals surface area contributed by atoms with Crippen LogP contribution in [-0.2, 0) is 0 Å². The molecule has 2 heterocycles. The molecule has 2 aromatic heterocycles. The molecule has 10 aromatic carbocycles. The molecule has 54 heavy (non-hydrogen) atoms. The van der Waals surface area contributed by atoms with E-state index in [4.69, 9.17) is 8.83 Å². The zero-order valence-electron chi connectivity index (χ0n) is 29.1. The summed E-state index contributed by atoms with van der Waals surface area (Å²) in [4.78, 5) is 0. The largest absolute Gasteiger partial charge is 0.456 e. The molecule has 0 spiro atoms. The third-order valence-electron chi connectivity index (χ3n) is 11.5. The van der Waals surface area contributed by atoms with Crippen molar-refractivity contribution in [3.8, 4) is 33.4 Å². The molecule has 0 aliphatic rings. The van der Waals surface area contributed by atoms with Crippen molar-refractivity contribution < 1.29 is 8.83 Å². The van der Waals surface area contributed by atoms with Crippen LogP contribution in [0.1, 0.15) is 0 Å². The van der Waals surface area contributed by atoms with Crippen LogP contribution in [-0.4, -0.2) is 0 Å². The highest BCUT2D eigenvalue weighted by molar-refractivity contribution is 6.30. The summed E-state index contributed by atoms with van der Waals surface area (Å²) >= 11 is 0. The zero-order valence-corrected chi connectivity index (χ0v) is 29.1. The first-order chi connectivity index (χ1) is 26.8. The number of furan rings is 2. The van der Waals surface area contributed by atoms with Crippen molar-refractivity contribution in [2.24, 2.45) is 0 Å². The van der Waals surface area contributed by atoms with Crippen LogP contribution in [0, 0.1) is 0 Å². The fourth-order valence-electron chi connectivity index (χ4n) is 9.21. The molecular weight excluding hydrogens is 657 g/mol. The van der Waals surface area contributed by atoms with Crippen LogP contribution in [0.5, 0.6) is 0 Å². The monoisotopic (exact) mass is 686 g/mol. The van der Waals surface area contributed by atoms with Crippen LogP contribution in [0.25, 0.3) is 120 Å². The predicted molar refractivity (Wildman–Crippen MR) is 227 cm³/mol. The molecule has 0 atom stereocenters. The molecule has 0 amide bonds. The Labute approximate surface area is 310 Å². The molecule has 2 nitrogen and oxygen atoms in total. The van der Waals surface area contributed by atoms with Crippen LogP contribution in [0.2, 0.25) is 0 Å². The van der Waals surface area contributed by atoms with E-state index >= 15 is 0 Å². The van der Waals surface area contributed by atoms with Gasteiger partial charge in [0.15, 0.2) is 0 Å². The van der Waals surface area contributed by atoms with E-state index in [1.54, 1.807) is 0 Å². The first-order valence-electron chi connectivity index (χ1n) is 18.5. The first-order valence-corrected chi connectivity index (χ1v) is 18.5. The zero-order chi connectivity index (χ0) is 35.3. The Morgan fingerprint density at radius 2 is 0.778 bits per heavy atom. The van der Waals surface area contributed by atoms with Gasteiger partial charge in [0, 0.05) is 16.2 Å². The van der Waals surface area contributed by atoms with Crippen LogP contribution >= 0.6 is 0 Å². The lowest BCUT2D eigenvalue weighted by atomic mass is 9.83. The van der Waals surface area contributed by atoms with Gasteiger partial charge in [-0.25, -0.2) is 0 Å². The third kappa shape index (κ3) is 4.05. The number of rotatable bonds is 3. The lowest BCUT2D eigenvalue weighted by molar-refractivity contribution is 0.663. The van der Waals surface area contributed by atoms with Crippen molar-refractivity contribution in [3.63, 3.8) is 0 Å². The lowest BCUT2D eigenvalue weighted by Crippen LogP contribution is -1.92. The van der Waals surface area contributed by atoms with E-state index in [1.165, 1.54) is 65.5 Å². The lowest BCUT2D eigenvalue weighted by Gasteiger charge is -2.20. The van der Waals surface area contributed by atoms with Gasteiger partial charge in [-0.15, -0.1) is 0 Å². The van der Waals surface area contributed by atoms with E-state index in [0.29, 0.717) is 0 Å². The molecule has 0 bridgehead atoms. The maximum atomic E-state index is 6.72. The highest BCUT2D eigenvalue weighted by Gasteiger charge is 2.22. The quantitative estimate of drug-likeness (QED) is 0.173. The van der Waals surface area contributed by atoms with Crippen molar-refractivity contribution in [1.82, 2.24) is 0 Å². The number of fused-ring (bicyclic) bond motifs is 12. The summed E-state index contributed by atoms with van der Waals surface area (Å²) < 4.78 is 13.3. The fraction of sp³-hybridized carbons (Fsp3) is 0. The van der Waals surface area contributed by atoms with Crippen LogP contribution in [0.4, 0.5) is 0 Å². The third-order valence-corrected chi connectivity index (χ3v) is 11.5. The SMILES string of the molecule is c1ccc(-c2c3ccccc3c(-c3ccc(-c4cc5oc6ccc7c8ccccc8oc7c6c5c5ccccc45)c4ccccc34)c3ccccc23)cc1. The van der Waals surface area contributed by atoms with Crippen molar-refractivity contribution in [3.05, 3.63) is 182 Å². The van der Waals surface area contributed by atoms with Crippen molar-refractivity contribution >= 4 is 87.0 Å². The molecular formula is C52H30O2. The smallest absolute Gasteiger partial charge is 0.147 e. The van der Waals surface area contributed by atoms with Crippen LogP contribution in [0.3, 0.4) is 0 Å². The van der Waals surface area contributed by atoms with Gasteiger partial charge in [0.2, 0.25) is 0 Å². The van der Waals surface area contributed by atoms with Gasteiger partial charge in [0.05, 0.1) is 5.39 Å². The molecule has 12 aromatic rings. The molecule has 2 heteroatoms. The summed E-state index contributed by atoms with van der Waals surface area (Å²) in [5.74, 6) is 0. The molecule has 0 aliphatic heterocycles. The minimum absolute atomic E-state index is 0.830. The van der Waals surface area contributed by atoms with Gasteiger partial charge in [0.25, 0.3) is 0 Å². The van der Waals surface area contributed by atoms with E-state index in [9.17, 15) is 0 Å². The second-order valence-corrected chi connectivity index (χ2v) is 14.3. The number of benzene rings is 10. The van der Waals surface area contributed by atoms with Gasteiger partial charge < -0.3 is 8.83 Å². The Balaban J connectivity index is 1.15. The molecule has 0 unspecified atom stereocenters. The summed E-state index contributed by atoms with van der Waals surface area (Å²) in [7, 11) is 0. The Hall–Kier alpha value is -7.16. The van der Waals surface area contributed by atoms with Gasteiger partial charge in [-0.05, 0) is 101 Å². The molecule has 0 radical (unpaired) electrons. The highest BCUT2D eigenvalue weighted by Crippen LogP contribution is 2.49. The standard InChI is InChI=1S/C52H30O2/c1-2-14-31(15-3-1)48-38-21-8-10-23-40(38)49(41-24-11-9-22-39(41)48)42-27-26-35(32-16-4-5-17-33(32)42)44-30-47-50(37-20-7-6-18-34(37)44)51-46(53-47)29-28-43-36-19-12-13-25-45(36)54-52(43)51/h1-30H. The summed E-state index contributed by atoms with van der Waals surface area (Å²) in [6, 6.07) is 65.5. The Bertz CT molecular complexity index is 3430. The minimum atomic E-state index is 0.830. The second-order valence-electron chi connectivity index (χ2n) is 14.3. The molecule has 250 valence electrons. The summed E-state index contributed by atoms with van der Waals surface area (Å²) in [5.41, 5.74) is 10.8. The van der Waals surface area contributed by atoms with Crippen molar-refractivity contribution in [2.45, 2.75) is 0 Å². The first kappa shape index (κ1) is 29.4. The van der Waals surface area contributed by atoms with Gasteiger partial charge in [0.1, 0.15) is 22.3 Å². The number of hydrogen-bond acceptors (Lipinski definition) is 2. The molecule has 0 fully saturated rings. The molecule has 0 aliphatic carbocycles. The Morgan fingerprint density at radius 3 is 1.46 bits per heavy atom. The molecule has 0 saturated carbocycles. The molecule has 0 N–H and O–H groups in total. The Kier molecular flexibility index (Phi) is 6.09.